The number of benzene rings is 1. The van der Waals surface area contributed by atoms with Crippen molar-refractivity contribution < 1.29 is 4.79 Å². The molecule has 24 heavy (non-hydrogen) atoms. The number of para-hydroxylation sites is 1. The third-order valence-electron chi connectivity index (χ3n) is 4.15. The van der Waals surface area contributed by atoms with Crippen LogP contribution in [0.5, 0.6) is 0 Å². The molecule has 0 saturated heterocycles. The second kappa shape index (κ2) is 6.20. The van der Waals surface area contributed by atoms with Gasteiger partial charge < -0.3 is 10.6 Å². The van der Waals surface area contributed by atoms with E-state index in [1.54, 1.807) is 11.3 Å². The average Bonchev–Trinajstić information content (AvgIpc) is 3.31. The van der Waals surface area contributed by atoms with Crippen molar-refractivity contribution in [3.05, 3.63) is 52.0 Å². The molecule has 1 saturated carbocycles. The monoisotopic (exact) mass is 338 g/mol. The summed E-state index contributed by atoms with van der Waals surface area (Å²) < 4.78 is 0. The van der Waals surface area contributed by atoms with Gasteiger partial charge in [-0.15, -0.1) is 11.3 Å². The topological polar surface area (TPSA) is 66.9 Å². The maximum absolute atomic E-state index is 12.6. The zero-order valence-electron chi connectivity index (χ0n) is 13.4. The molecule has 0 bridgehead atoms. The zero-order valence-corrected chi connectivity index (χ0v) is 14.2. The van der Waals surface area contributed by atoms with E-state index in [-0.39, 0.29) is 5.91 Å². The Kier molecular flexibility index (Phi) is 3.90. The summed E-state index contributed by atoms with van der Waals surface area (Å²) in [6.45, 7) is 2.65. The number of pyridine rings is 1. The summed E-state index contributed by atoms with van der Waals surface area (Å²) >= 11 is 1.62. The number of carbonyl (C=O) groups is 1. The second-order valence-electron chi connectivity index (χ2n) is 6.03. The van der Waals surface area contributed by atoms with Crippen molar-refractivity contribution in [1.29, 1.82) is 0 Å². The van der Waals surface area contributed by atoms with Crippen LogP contribution in [0.4, 0.5) is 5.82 Å². The lowest BCUT2D eigenvalue weighted by atomic mass is 10.1. The molecule has 0 unspecified atom stereocenters. The van der Waals surface area contributed by atoms with Gasteiger partial charge in [-0.1, -0.05) is 18.2 Å². The third kappa shape index (κ3) is 3.10. The molecule has 3 aromatic rings. The largest absolute Gasteiger partial charge is 0.365 e. The average molecular weight is 338 g/mol. The van der Waals surface area contributed by atoms with Gasteiger partial charge in [-0.2, -0.15) is 0 Å². The Morgan fingerprint density at radius 2 is 2.17 bits per heavy atom. The van der Waals surface area contributed by atoms with Gasteiger partial charge in [0.1, 0.15) is 5.82 Å². The molecule has 2 aromatic heterocycles. The first-order valence-electron chi connectivity index (χ1n) is 8.04. The summed E-state index contributed by atoms with van der Waals surface area (Å²) in [4.78, 5) is 22.6. The molecule has 6 heteroatoms. The number of carbonyl (C=O) groups excluding carboxylic acids is 1. The lowest BCUT2D eigenvalue weighted by Crippen LogP contribution is -2.25. The number of aryl methyl sites for hydroxylation is 1. The number of thiazole rings is 1. The molecular formula is C18H18N4OS. The zero-order chi connectivity index (χ0) is 16.5. The predicted molar refractivity (Wildman–Crippen MR) is 96.4 cm³/mol. The Morgan fingerprint density at radius 3 is 2.92 bits per heavy atom. The van der Waals surface area contributed by atoms with Crippen molar-refractivity contribution in [2.75, 3.05) is 5.32 Å². The number of aromatic nitrogens is 2. The van der Waals surface area contributed by atoms with Gasteiger partial charge in [0.25, 0.3) is 5.91 Å². The number of fused-ring (bicyclic) bond motifs is 1. The van der Waals surface area contributed by atoms with Gasteiger partial charge >= 0.3 is 0 Å². The van der Waals surface area contributed by atoms with E-state index in [4.69, 9.17) is 0 Å². The number of hydrogen-bond acceptors (Lipinski definition) is 5. The molecule has 1 aliphatic carbocycles. The number of hydrogen-bond donors (Lipinski definition) is 2. The van der Waals surface area contributed by atoms with Crippen LogP contribution in [0.3, 0.4) is 0 Å². The van der Waals surface area contributed by atoms with Crippen molar-refractivity contribution in [2.45, 2.75) is 32.4 Å². The highest BCUT2D eigenvalue weighted by atomic mass is 32.1. The fourth-order valence-corrected chi connectivity index (χ4v) is 3.33. The highest BCUT2D eigenvalue weighted by Crippen LogP contribution is 2.24. The van der Waals surface area contributed by atoms with Gasteiger partial charge in [0, 0.05) is 16.3 Å². The summed E-state index contributed by atoms with van der Waals surface area (Å²) in [5, 5.41) is 7.27. The van der Waals surface area contributed by atoms with Crippen LogP contribution in [0.1, 0.15) is 33.8 Å². The molecule has 2 heterocycles. The fourth-order valence-electron chi connectivity index (χ4n) is 2.61. The summed E-state index contributed by atoms with van der Waals surface area (Å²) in [5.74, 6) is 0.690. The maximum Gasteiger partial charge on any atom is 0.252 e. The van der Waals surface area contributed by atoms with Crippen LogP contribution in [-0.2, 0) is 6.54 Å². The van der Waals surface area contributed by atoms with E-state index in [2.05, 4.69) is 20.6 Å². The van der Waals surface area contributed by atoms with Crippen molar-refractivity contribution in [3.8, 4) is 0 Å². The van der Waals surface area contributed by atoms with E-state index in [1.807, 2.05) is 42.8 Å². The van der Waals surface area contributed by atoms with Crippen molar-refractivity contribution in [3.63, 3.8) is 0 Å². The Labute approximate surface area is 144 Å². The minimum Gasteiger partial charge on any atom is -0.365 e. The van der Waals surface area contributed by atoms with E-state index < -0.39 is 0 Å². The lowest BCUT2D eigenvalue weighted by Gasteiger charge is -2.11. The SMILES string of the molecule is Cc1ncsc1CNc1cc(C(=O)NC2CC2)c2ccccc2n1. The van der Waals surface area contributed by atoms with Gasteiger partial charge in [-0.25, -0.2) is 9.97 Å². The van der Waals surface area contributed by atoms with Crippen LogP contribution >= 0.6 is 11.3 Å². The predicted octanol–water partition coefficient (Wildman–Crippen LogP) is 3.50. The maximum atomic E-state index is 12.6. The van der Waals surface area contributed by atoms with E-state index in [0.29, 0.717) is 24.0 Å². The molecular weight excluding hydrogens is 320 g/mol. The second-order valence-corrected chi connectivity index (χ2v) is 6.97. The van der Waals surface area contributed by atoms with Crippen LogP contribution in [0, 0.1) is 6.92 Å². The van der Waals surface area contributed by atoms with E-state index >= 15 is 0 Å². The van der Waals surface area contributed by atoms with E-state index in [0.717, 1.165) is 29.4 Å². The number of rotatable bonds is 5. The van der Waals surface area contributed by atoms with Crippen LogP contribution in [-0.4, -0.2) is 21.9 Å². The van der Waals surface area contributed by atoms with Crippen LogP contribution < -0.4 is 10.6 Å². The molecule has 0 atom stereocenters. The Bertz CT molecular complexity index is 901. The number of anilines is 1. The van der Waals surface area contributed by atoms with E-state index in [1.165, 1.54) is 4.88 Å². The van der Waals surface area contributed by atoms with Crippen LogP contribution in [0.2, 0.25) is 0 Å². The quantitative estimate of drug-likeness (QED) is 0.747. The highest BCUT2D eigenvalue weighted by Gasteiger charge is 2.25. The standard InChI is InChI=1S/C18H18N4OS/c1-11-16(24-10-20-11)9-19-17-8-14(18(23)21-12-6-7-12)13-4-2-3-5-15(13)22-17/h2-5,8,10,12H,6-7,9H2,1H3,(H,19,22)(H,21,23). The minimum absolute atomic E-state index is 0.0203. The van der Waals surface area contributed by atoms with Crippen LogP contribution in [0.15, 0.2) is 35.8 Å². The molecule has 122 valence electrons. The van der Waals surface area contributed by atoms with Crippen LogP contribution in [0.25, 0.3) is 10.9 Å². The first-order chi connectivity index (χ1) is 11.7. The van der Waals surface area contributed by atoms with E-state index in [9.17, 15) is 4.79 Å². The minimum atomic E-state index is -0.0203. The van der Waals surface area contributed by atoms with Crippen molar-refractivity contribution in [2.24, 2.45) is 0 Å². The highest BCUT2D eigenvalue weighted by molar-refractivity contribution is 7.09. The molecule has 4 rings (SSSR count). The smallest absolute Gasteiger partial charge is 0.252 e. The molecule has 0 aliphatic heterocycles. The van der Waals surface area contributed by atoms with Gasteiger partial charge in [0.2, 0.25) is 0 Å². The Hall–Kier alpha value is -2.47. The molecule has 1 aliphatic rings. The summed E-state index contributed by atoms with van der Waals surface area (Å²) in [6.07, 6.45) is 2.15. The van der Waals surface area contributed by atoms with Gasteiger partial charge in [0.05, 0.1) is 28.8 Å². The molecule has 1 aromatic carbocycles. The van der Waals surface area contributed by atoms with Gasteiger partial charge in [-0.05, 0) is 31.9 Å². The molecule has 5 nitrogen and oxygen atoms in total. The molecule has 2 N–H and O–H groups in total. The Morgan fingerprint density at radius 1 is 1.33 bits per heavy atom. The molecule has 1 fully saturated rings. The molecule has 1 amide bonds. The summed E-state index contributed by atoms with van der Waals surface area (Å²) in [6, 6.07) is 9.94. The molecule has 0 spiro atoms. The lowest BCUT2D eigenvalue weighted by molar-refractivity contribution is 0.0952. The molecule has 0 radical (unpaired) electrons. The number of amides is 1. The number of nitrogens with one attached hydrogen (secondary N) is 2. The van der Waals surface area contributed by atoms with Crippen molar-refractivity contribution >= 4 is 34.0 Å². The number of nitrogens with zero attached hydrogens (tertiary/aromatic N) is 2. The summed E-state index contributed by atoms with van der Waals surface area (Å²) in [7, 11) is 0. The van der Waals surface area contributed by atoms with Crippen molar-refractivity contribution in [1.82, 2.24) is 15.3 Å². The Balaban J connectivity index is 1.65. The van der Waals surface area contributed by atoms with Gasteiger partial charge in [-0.3, -0.25) is 4.79 Å². The fraction of sp³-hybridized carbons (Fsp3) is 0.278. The summed E-state index contributed by atoms with van der Waals surface area (Å²) in [5.41, 5.74) is 4.37. The first-order valence-corrected chi connectivity index (χ1v) is 8.92. The third-order valence-corrected chi connectivity index (χ3v) is 5.08. The van der Waals surface area contributed by atoms with Gasteiger partial charge in [0.15, 0.2) is 0 Å². The first kappa shape index (κ1) is 15.1. The normalized spacial score (nSPS) is 13.9.